The Morgan fingerprint density at radius 1 is 1.25 bits per heavy atom. The molecule has 12 heteroatoms. The van der Waals surface area contributed by atoms with Crippen molar-refractivity contribution in [3.63, 3.8) is 0 Å². The number of hydrogen-bond acceptors (Lipinski definition) is 8. The van der Waals surface area contributed by atoms with E-state index in [1.54, 1.807) is 26.2 Å². The molecule has 3 aromatic heterocycles. The summed E-state index contributed by atoms with van der Waals surface area (Å²) in [5.74, 6) is 0.0210. The number of carboxylic acid groups (broad SMARTS) is 1. The molecule has 2 N–H and O–H groups in total. The Balaban J connectivity index is 0.000000878. The SMILES string of the molecule is CC(=O)c1c(C)nn(CC(=O)Nc2csc3nc(=O)c(C)nn23)c1C.O=CO. The van der Waals surface area contributed by atoms with Crippen LogP contribution in [0.3, 0.4) is 0 Å². The average Bonchev–Trinajstić information content (AvgIpc) is 3.09. The quantitative estimate of drug-likeness (QED) is 0.478. The number of amides is 1. The molecule has 0 unspecified atom stereocenters. The maximum atomic E-state index is 12.3. The number of ketones is 1. The third-order valence-corrected chi connectivity index (χ3v) is 4.55. The van der Waals surface area contributed by atoms with Crippen LogP contribution in [0.5, 0.6) is 0 Å². The third-order valence-electron chi connectivity index (χ3n) is 3.74. The Bertz CT molecular complexity index is 1110. The molecule has 3 rings (SSSR count). The molecule has 28 heavy (non-hydrogen) atoms. The van der Waals surface area contributed by atoms with E-state index in [0.29, 0.717) is 27.7 Å². The molecule has 0 radical (unpaired) electrons. The lowest BCUT2D eigenvalue weighted by molar-refractivity contribution is -0.123. The van der Waals surface area contributed by atoms with Gasteiger partial charge in [-0.3, -0.25) is 23.9 Å². The first-order chi connectivity index (χ1) is 13.2. The van der Waals surface area contributed by atoms with Gasteiger partial charge in [0.05, 0.1) is 11.3 Å². The van der Waals surface area contributed by atoms with Gasteiger partial charge < -0.3 is 10.4 Å². The first-order valence-corrected chi connectivity index (χ1v) is 8.85. The molecule has 148 valence electrons. The van der Waals surface area contributed by atoms with Crippen LogP contribution in [0.25, 0.3) is 4.96 Å². The molecule has 0 saturated carbocycles. The zero-order valence-corrected chi connectivity index (χ0v) is 16.4. The van der Waals surface area contributed by atoms with Crippen LogP contribution in [0.2, 0.25) is 0 Å². The van der Waals surface area contributed by atoms with E-state index in [0.717, 1.165) is 0 Å². The number of anilines is 1. The average molecular weight is 406 g/mol. The number of nitrogens with one attached hydrogen (secondary N) is 1. The molecule has 0 bridgehead atoms. The molecule has 0 spiro atoms. The largest absolute Gasteiger partial charge is 0.483 e. The number of fused-ring (bicyclic) bond motifs is 1. The fourth-order valence-corrected chi connectivity index (χ4v) is 3.35. The first kappa shape index (κ1) is 20.9. The lowest BCUT2D eigenvalue weighted by Gasteiger charge is -2.06. The van der Waals surface area contributed by atoms with Gasteiger partial charge in [-0.15, -0.1) is 11.3 Å². The Kier molecular flexibility index (Phi) is 6.36. The monoisotopic (exact) mass is 406 g/mol. The molecular weight excluding hydrogens is 388 g/mol. The van der Waals surface area contributed by atoms with Gasteiger partial charge in [0.1, 0.15) is 18.1 Å². The highest BCUT2D eigenvalue weighted by Crippen LogP contribution is 2.17. The van der Waals surface area contributed by atoms with Gasteiger partial charge in [0.15, 0.2) is 5.78 Å². The summed E-state index contributed by atoms with van der Waals surface area (Å²) in [6, 6.07) is 0. The number of rotatable bonds is 4. The van der Waals surface area contributed by atoms with Gasteiger partial charge in [0.2, 0.25) is 10.9 Å². The van der Waals surface area contributed by atoms with Crippen LogP contribution in [0.4, 0.5) is 5.82 Å². The number of nitrogens with zero attached hydrogens (tertiary/aromatic N) is 5. The molecule has 0 atom stereocenters. The molecule has 0 aliphatic heterocycles. The Morgan fingerprint density at radius 2 is 1.89 bits per heavy atom. The fourth-order valence-electron chi connectivity index (χ4n) is 2.60. The van der Waals surface area contributed by atoms with Crippen LogP contribution < -0.4 is 10.9 Å². The normalized spacial score (nSPS) is 10.3. The van der Waals surface area contributed by atoms with E-state index in [1.807, 2.05) is 0 Å². The second-order valence-corrected chi connectivity index (χ2v) is 6.57. The van der Waals surface area contributed by atoms with Crippen LogP contribution >= 0.6 is 11.3 Å². The molecule has 0 aliphatic rings. The van der Waals surface area contributed by atoms with E-state index in [9.17, 15) is 14.4 Å². The summed E-state index contributed by atoms with van der Waals surface area (Å²) in [6.45, 7) is 6.23. The number of Topliss-reactive ketones (excluding diaryl/α,β-unsaturated/α-hetero) is 1. The van der Waals surface area contributed by atoms with Crippen molar-refractivity contribution in [3.8, 4) is 0 Å². The summed E-state index contributed by atoms with van der Waals surface area (Å²) in [7, 11) is 0. The Labute approximate surface area is 162 Å². The summed E-state index contributed by atoms with van der Waals surface area (Å²) in [5.41, 5.74) is 1.63. The van der Waals surface area contributed by atoms with E-state index in [4.69, 9.17) is 9.90 Å². The van der Waals surface area contributed by atoms with Crippen LogP contribution in [0.1, 0.15) is 34.4 Å². The first-order valence-electron chi connectivity index (χ1n) is 7.97. The number of carbonyl (C=O) groups is 3. The molecule has 0 aliphatic carbocycles. The van der Waals surface area contributed by atoms with Crippen LogP contribution in [-0.4, -0.2) is 47.6 Å². The highest BCUT2D eigenvalue weighted by Gasteiger charge is 2.18. The van der Waals surface area contributed by atoms with Gasteiger partial charge in [-0.25, -0.2) is 0 Å². The van der Waals surface area contributed by atoms with Gasteiger partial charge in [0.25, 0.3) is 12.0 Å². The van der Waals surface area contributed by atoms with Crippen LogP contribution in [0.15, 0.2) is 10.2 Å². The van der Waals surface area contributed by atoms with E-state index in [1.165, 1.54) is 27.5 Å². The molecule has 0 aromatic carbocycles. The number of aromatic nitrogens is 5. The van der Waals surface area contributed by atoms with E-state index in [-0.39, 0.29) is 36.0 Å². The molecule has 1 amide bonds. The van der Waals surface area contributed by atoms with Crippen LogP contribution in [0, 0.1) is 20.8 Å². The Hall–Kier alpha value is -3.41. The van der Waals surface area contributed by atoms with Crippen molar-refractivity contribution in [2.75, 3.05) is 5.32 Å². The molecule has 0 saturated heterocycles. The summed E-state index contributed by atoms with van der Waals surface area (Å²) in [6.07, 6.45) is 0. The highest BCUT2D eigenvalue weighted by atomic mass is 32.1. The standard InChI is InChI=1S/C15H16N6O3S.CH2O2/c1-7-13(10(4)22)9(3)20(18-7)5-12(23)16-11-6-25-15-17-14(24)8(2)19-21(11)15;2-1-3/h6H,5H2,1-4H3,(H,16,23);1H,(H,2,3). The smallest absolute Gasteiger partial charge is 0.295 e. The number of hydrogen-bond donors (Lipinski definition) is 2. The molecular formula is C16H18N6O5S. The van der Waals surface area contributed by atoms with Crippen molar-refractivity contribution in [1.82, 2.24) is 24.4 Å². The van der Waals surface area contributed by atoms with E-state index in [2.05, 4.69) is 20.5 Å². The van der Waals surface area contributed by atoms with Crippen molar-refractivity contribution < 1.29 is 19.5 Å². The minimum atomic E-state index is -0.390. The summed E-state index contributed by atoms with van der Waals surface area (Å²) in [5, 5.41) is 19.7. The number of carbonyl (C=O) groups excluding carboxylic acids is 2. The minimum Gasteiger partial charge on any atom is -0.483 e. The van der Waals surface area contributed by atoms with Gasteiger partial charge in [-0.05, 0) is 27.7 Å². The summed E-state index contributed by atoms with van der Waals surface area (Å²) in [4.78, 5) is 48.2. The van der Waals surface area contributed by atoms with Crippen molar-refractivity contribution >= 4 is 40.3 Å². The van der Waals surface area contributed by atoms with Crippen molar-refractivity contribution in [3.05, 3.63) is 38.4 Å². The number of aryl methyl sites for hydroxylation is 2. The van der Waals surface area contributed by atoms with E-state index < -0.39 is 0 Å². The van der Waals surface area contributed by atoms with Gasteiger partial charge in [-0.2, -0.15) is 19.7 Å². The van der Waals surface area contributed by atoms with Crippen molar-refractivity contribution in [2.24, 2.45) is 0 Å². The third kappa shape index (κ3) is 4.28. The van der Waals surface area contributed by atoms with Crippen molar-refractivity contribution in [2.45, 2.75) is 34.2 Å². The molecule has 11 nitrogen and oxygen atoms in total. The Morgan fingerprint density at radius 3 is 2.46 bits per heavy atom. The zero-order chi connectivity index (χ0) is 21.0. The second kappa shape index (κ2) is 8.52. The lowest BCUT2D eigenvalue weighted by Crippen LogP contribution is -2.22. The molecule has 3 heterocycles. The second-order valence-electron chi connectivity index (χ2n) is 5.73. The van der Waals surface area contributed by atoms with E-state index >= 15 is 0 Å². The lowest BCUT2D eigenvalue weighted by atomic mass is 10.1. The molecule has 0 fully saturated rings. The maximum Gasteiger partial charge on any atom is 0.295 e. The van der Waals surface area contributed by atoms with Gasteiger partial charge in [0, 0.05) is 11.1 Å². The van der Waals surface area contributed by atoms with Gasteiger partial charge >= 0.3 is 0 Å². The zero-order valence-electron chi connectivity index (χ0n) is 15.6. The predicted molar refractivity (Wildman–Crippen MR) is 101 cm³/mol. The fraction of sp³-hybridized carbons (Fsp3) is 0.312. The summed E-state index contributed by atoms with van der Waals surface area (Å²) >= 11 is 1.21. The van der Waals surface area contributed by atoms with Crippen LogP contribution in [-0.2, 0) is 16.1 Å². The predicted octanol–water partition coefficient (Wildman–Crippen LogP) is 0.815. The molecule has 3 aromatic rings. The number of thiazole rings is 1. The topological polar surface area (TPSA) is 149 Å². The van der Waals surface area contributed by atoms with Crippen molar-refractivity contribution in [1.29, 1.82) is 0 Å². The minimum absolute atomic E-state index is 0.0378. The highest BCUT2D eigenvalue weighted by molar-refractivity contribution is 7.15. The summed E-state index contributed by atoms with van der Waals surface area (Å²) < 4.78 is 2.91. The maximum absolute atomic E-state index is 12.3. The van der Waals surface area contributed by atoms with Gasteiger partial charge in [-0.1, -0.05) is 0 Å².